The van der Waals surface area contributed by atoms with E-state index >= 15 is 0 Å². The molecule has 0 aliphatic rings. The van der Waals surface area contributed by atoms with E-state index < -0.39 is 0 Å². The van der Waals surface area contributed by atoms with Crippen molar-refractivity contribution in [3.63, 3.8) is 0 Å². The van der Waals surface area contributed by atoms with Gasteiger partial charge < -0.3 is 5.32 Å². The molecule has 3 rings (SSSR count). The molecule has 0 saturated carbocycles. The summed E-state index contributed by atoms with van der Waals surface area (Å²) in [7, 11) is 1.97. The number of aromatic nitrogens is 3. The number of aryl methyl sites for hydroxylation is 1. The Bertz CT molecular complexity index is 750. The first-order valence-electron chi connectivity index (χ1n) is 7.69. The third-order valence-corrected chi connectivity index (χ3v) is 3.90. The smallest absolute Gasteiger partial charge is 0.153 e. The number of nitrogens with zero attached hydrogens (tertiary/aromatic N) is 3. The monoisotopic (exact) mass is 326 g/mol. The van der Waals surface area contributed by atoms with Gasteiger partial charge in [0.15, 0.2) is 5.82 Å². The Hall–Kier alpha value is -2.17. The Morgan fingerprint density at radius 1 is 1.13 bits per heavy atom. The molecule has 0 amide bonds. The summed E-state index contributed by atoms with van der Waals surface area (Å²) < 4.78 is 1.93. The summed E-state index contributed by atoms with van der Waals surface area (Å²) in [5.41, 5.74) is 3.15. The van der Waals surface area contributed by atoms with Crippen LogP contribution in [0.15, 0.2) is 54.7 Å². The van der Waals surface area contributed by atoms with Crippen molar-refractivity contribution in [2.24, 2.45) is 0 Å². The molecular formula is C18H19ClN4. The Balaban J connectivity index is 1.97. The largest absolute Gasteiger partial charge is 0.320 e. The van der Waals surface area contributed by atoms with Gasteiger partial charge in [-0.05, 0) is 56.8 Å². The van der Waals surface area contributed by atoms with Crippen LogP contribution < -0.4 is 5.32 Å². The molecule has 0 atom stereocenters. The van der Waals surface area contributed by atoms with Crippen molar-refractivity contribution in [1.29, 1.82) is 0 Å². The molecule has 0 aliphatic heterocycles. The molecule has 0 radical (unpaired) electrons. The van der Waals surface area contributed by atoms with E-state index in [1.807, 2.05) is 54.2 Å². The van der Waals surface area contributed by atoms with Gasteiger partial charge in [-0.15, -0.1) is 0 Å². The van der Waals surface area contributed by atoms with Crippen LogP contribution in [-0.2, 0) is 6.42 Å². The number of hydrogen-bond acceptors (Lipinski definition) is 3. The quantitative estimate of drug-likeness (QED) is 0.702. The summed E-state index contributed by atoms with van der Waals surface area (Å²) >= 11 is 5.97. The molecule has 0 saturated heterocycles. The normalized spacial score (nSPS) is 10.9. The molecule has 0 unspecified atom stereocenters. The molecule has 4 nitrogen and oxygen atoms in total. The van der Waals surface area contributed by atoms with Crippen molar-refractivity contribution in [3.8, 4) is 17.1 Å². The second-order valence-corrected chi connectivity index (χ2v) is 5.77. The van der Waals surface area contributed by atoms with Gasteiger partial charge in [0.25, 0.3) is 0 Å². The molecule has 2 aromatic heterocycles. The fourth-order valence-electron chi connectivity index (χ4n) is 2.48. The molecule has 1 N–H and O–H groups in total. The molecule has 118 valence electrons. The molecule has 2 heterocycles. The highest BCUT2D eigenvalue weighted by Gasteiger charge is 2.11. The van der Waals surface area contributed by atoms with Gasteiger partial charge in [-0.3, -0.25) is 0 Å². The van der Waals surface area contributed by atoms with Crippen molar-refractivity contribution in [2.45, 2.75) is 12.8 Å². The van der Waals surface area contributed by atoms with Crippen LogP contribution in [0.2, 0.25) is 5.02 Å². The molecule has 1 aromatic carbocycles. The van der Waals surface area contributed by atoms with Crippen LogP contribution in [0, 0.1) is 0 Å². The zero-order valence-electron chi connectivity index (χ0n) is 13.0. The Morgan fingerprint density at radius 3 is 2.65 bits per heavy atom. The number of rotatable bonds is 6. The van der Waals surface area contributed by atoms with Crippen LogP contribution >= 0.6 is 11.6 Å². The summed E-state index contributed by atoms with van der Waals surface area (Å²) in [5, 5.41) is 8.66. The maximum atomic E-state index is 5.97. The number of benzene rings is 1. The predicted octanol–water partition coefficient (Wildman–Crippen LogP) is 3.74. The number of hydrogen-bond donors (Lipinski definition) is 1. The van der Waals surface area contributed by atoms with E-state index in [2.05, 4.69) is 16.4 Å². The van der Waals surface area contributed by atoms with Crippen molar-refractivity contribution in [2.75, 3.05) is 13.6 Å². The first kappa shape index (κ1) is 15.7. The Labute approximate surface area is 141 Å². The highest BCUT2D eigenvalue weighted by atomic mass is 35.5. The lowest BCUT2D eigenvalue weighted by atomic mass is 10.1. The number of halogens is 1. The SMILES string of the molecule is CNCCCc1cc(-c2ccc(Cl)cc2)nn1-c1ccccn1. The molecule has 0 bridgehead atoms. The van der Waals surface area contributed by atoms with Crippen molar-refractivity contribution >= 4 is 11.6 Å². The van der Waals surface area contributed by atoms with E-state index in [0.717, 1.165) is 47.2 Å². The van der Waals surface area contributed by atoms with Crippen LogP contribution in [0.1, 0.15) is 12.1 Å². The van der Waals surface area contributed by atoms with E-state index in [4.69, 9.17) is 16.7 Å². The van der Waals surface area contributed by atoms with E-state index in [1.54, 1.807) is 6.20 Å². The first-order chi connectivity index (χ1) is 11.3. The summed E-state index contributed by atoms with van der Waals surface area (Å²) in [6.45, 7) is 0.976. The van der Waals surface area contributed by atoms with Crippen LogP contribution in [0.3, 0.4) is 0 Å². The Morgan fingerprint density at radius 2 is 1.96 bits per heavy atom. The van der Waals surface area contributed by atoms with Crippen LogP contribution in [0.4, 0.5) is 0 Å². The zero-order chi connectivity index (χ0) is 16.1. The molecule has 0 fully saturated rings. The van der Waals surface area contributed by atoms with Crippen molar-refractivity contribution in [3.05, 3.63) is 65.4 Å². The van der Waals surface area contributed by atoms with Gasteiger partial charge in [-0.1, -0.05) is 29.8 Å². The van der Waals surface area contributed by atoms with Gasteiger partial charge in [-0.25, -0.2) is 9.67 Å². The van der Waals surface area contributed by atoms with Gasteiger partial charge in [0, 0.05) is 22.5 Å². The Kier molecular flexibility index (Phi) is 5.05. The highest BCUT2D eigenvalue weighted by molar-refractivity contribution is 6.30. The second-order valence-electron chi connectivity index (χ2n) is 5.33. The average molecular weight is 327 g/mol. The molecular weight excluding hydrogens is 308 g/mol. The van der Waals surface area contributed by atoms with E-state index in [0.29, 0.717) is 0 Å². The van der Waals surface area contributed by atoms with E-state index in [-0.39, 0.29) is 0 Å². The third-order valence-electron chi connectivity index (χ3n) is 3.65. The van der Waals surface area contributed by atoms with Crippen LogP contribution in [0.5, 0.6) is 0 Å². The molecule has 0 spiro atoms. The summed E-state index contributed by atoms with van der Waals surface area (Å²) in [6.07, 6.45) is 3.78. The fourth-order valence-corrected chi connectivity index (χ4v) is 2.61. The predicted molar refractivity (Wildman–Crippen MR) is 94.1 cm³/mol. The minimum Gasteiger partial charge on any atom is -0.320 e. The van der Waals surface area contributed by atoms with Gasteiger partial charge in [0.05, 0.1) is 5.69 Å². The molecule has 23 heavy (non-hydrogen) atoms. The minimum atomic E-state index is 0.729. The van der Waals surface area contributed by atoms with Crippen LogP contribution in [0.25, 0.3) is 17.1 Å². The first-order valence-corrected chi connectivity index (χ1v) is 8.06. The summed E-state index contributed by atoms with van der Waals surface area (Å²) in [4.78, 5) is 4.42. The highest BCUT2D eigenvalue weighted by Crippen LogP contribution is 2.23. The minimum absolute atomic E-state index is 0.729. The van der Waals surface area contributed by atoms with Crippen LogP contribution in [-0.4, -0.2) is 28.4 Å². The number of nitrogens with one attached hydrogen (secondary N) is 1. The lowest BCUT2D eigenvalue weighted by Gasteiger charge is -2.05. The lowest BCUT2D eigenvalue weighted by Crippen LogP contribution is -2.10. The molecule has 3 aromatic rings. The number of pyridine rings is 1. The van der Waals surface area contributed by atoms with Gasteiger partial charge >= 0.3 is 0 Å². The lowest BCUT2D eigenvalue weighted by molar-refractivity contribution is 0.688. The van der Waals surface area contributed by atoms with E-state index in [1.165, 1.54) is 0 Å². The van der Waals surface area contributed by atoms with E-state index in [9.17, 15) is 0 Å². The zero-order valence-corrected chi connectivity index (χ0v) is 13.8. The van der Waals surface area contributed by atoms with Gasteiger partial charge in [0.2, 0.25) is 0 Å². The average Bonchev–Trinajstić information content (AvgIpc) is 3.01. The van der Waals surface area contributed by atoms with Crippen molar-refractivity contribution < 1.29 is 0 Å². The summed E-state index contributed by atoms with van der Waals surface area (Å²) in [6, 6.07) is 15.7. The van der Waals surface area contributed by atoms with Crippen molar-refractivity contribution in [1.82, 2.24) is 20.1 Å². The third kappa shape index (κ3) is 3.78. The van der Waals surface area contributed by atoms with Gasteiger partial charge in [-0.2, -0.15) is 5.10 Å². The summed E-state index contributed by atoms with van der Waals surface area (Å²) in [5.74, 6) is 0.840. The second kappa shape index (κ2) is 7.40. The maximum absolute atomic E-state index is 5.97. The maximum Gasteiger partial charge on any atom is 0.153 e. The standard InChI is InChI=1S/C18H19ClN4/c1-20-11-4-5-16-13-17(14-7-9-15(19)10-8-14)22-23(16)18-6-2-3-12-21-18/h2-3,6-10,12-13,20H,4-5,11H2,1H3. The molecule has 0 aliphatic carbocycles. The topological polar surface area (TPSA) is 42.7 Å². The fraction of sp³-hybridized carbons (Fsp3) is 0.222. The molecule has 5 heteroatoms. The van der Waals surface area contributed by atoms with Gasteiger partial charge in [0.1, 0.15) is 0 Å².